The van der Waals surface area contributed by atoms with Crippen molar-refractivity contribution in [1.82, 2.24) is 4.90 Å². The number of carbonyl (C=O) groups excluding carboxylic acids is 1. The van der Waals surface area contributed by atoms with Crippen molar-refractivity contribution in [3.63, 3.8) is 0 Å². The summed E-state index contributed by atoms with van der Waals surface area (Å²) in [5.41, 5.74) is 0.207. The van der Waals surface area contributed by atoms with Crippen molar-refractivity contribution < 1.29 is 19.1 Å². The zero-order valence-electron chi connectivity index (χ0n) is 10.6. The van der Waals surface area contributed by atoms with E-state index in [0.717, 1.165) is 0 Å². The van der Waals surface area contributed by atoms with Crippen molar-refractivity contribution in [2.75, 3.05) is 23.4 Å². The molecule has 1 heterocycles. The lowest BCUT2D eigenvalue weighted by atomic mass is 10.2. The van der Waals surface area contributed by atoms with Crippen LogP contribution < -0.4 is 5.32 Å². The van der Waals surface area contributed by atoms with Crippen molar-refractivity contribution in [2.24, 2.45) is 0 Å². The summed E-state index contributed by atoms with van der Waals surface area (Å²) in [4.78, 5) is 24.5. The molecule has 0 saturated carbocycles. The van der Waals surface area contributed by atoms with Crippen LogP contribution in [0, 0.1) is 5.82 Å². The van der Waals surface area contributed by atoms with Gasteiger partial charge in [-0.05, 0) is 12.1 Å². The lowest BCUT2D eigenvalue weighted by molar-refractivity contribution is -0.141. The van der Waals surface area contributed by atoms with Gasteiger partial charge >= 0.3 is 12.0 Å². The number of rotatable bonds is 2. The second kappa shape index (κ2) is 6.72. The molecule has 1 aliphatic rings. The first-order chi connectivity index (χ1) is 9.90. The monoisotopic (exact) mass is 352 g/mol. The van der Waals surface area contributed by atoms with Crippen LogP contribution in [0.2, 0.25) is 10.0 Å². The standard InChI is InChI=1S/C12H11Cl2FN2O3S/c13-7-3-6(4-8(14)10(7)15)16-12(20)17-1-2-21-5-9(17)11(18)19/h3-4,9H,1-2,5H2,(H,16,20)(H,18,19). The predicted molar refractivity (Wildman–Crippen MR) is 80.9 cm³/mol. The minimum atomic E-state index is -1.06. The van der Waals surface area contributed by atoms with E-state index in [0.29, 0.717) is 18.1 Å². The minimum absolute atomic E-state index is 0.207. The number of carboxylic acids is 1. The lowest BCUT2D eigenvalue weighted by Gasteiger charge is -2.32. The van der Waals surface area contributed by atoms with Crippen LogP contribution >= 0.6 is 35.0 Å². The molecule has 2 N–H and O–H groups in total. The Labute approximate surface area is 134 Å². The number of urea groups is 1. The van der Waals surface area contributed by atoms with E-state index in [1.54, 1.807) is 0 Å². The average molecular weight is 353 g/mol. The molecule has 1 saturated heterocycles. The highest BCUT2D eigenvalue weighted by Gasteiger charge is 2.32. The van der Waals surface area contributed by atoms with Crippen molar-refractivity contribution in [1.29, 1.82) is 0 Å². The van der Waals surface area contributed by atoms with Gasteiger partial charge in [0.15, 0.2) is 5.82 Å². The SMILES string of the molecule is O=C(O)C1CSCCN1C(=O)Nc1cc(Cl)c(F)c(Cl)c1. The third kappa shape index (κ3) is 3.72. The van der Waals surface area contributed by atoms with Gasteiger partial charge in [-0.25, -0.2) is 14.0 Å². The molecule has 0 aromatic heterocycles. The lowest BCUT2D eigenvalue weighted by Crippen LogP contribution is -2.51. The second-order valence-electron chi connectivity index (χ2n) is 4.31. The van der Waals surface area contributed by atoms with E-state index in [2.05, 4.69) is 5.32 Å². The second-order valence-corrected chi connectivity index (χ2v) is 6.27. The quantitative estimate of drug-likeness (QED) is 0.802. The fourth-order valence-corrected chi connectivity index (χ4v) is 3.40. The van der Waals surface area contributed by atoms with Gasteiger partial charge in [0.2, 0.25) is 0 Å². The highest BCUT2D eigenvalue weighted by atomic mass is 35.5. The highest BCUT2D eigenvalue weighted by Crippen LogP contribution is 2.28. The first-order valence-electron chi connectivity index (χ1n) is 5.93. The molecule has 2 rings (SSSR count). The fraction of sp³-hybridized carbons (Fsp3) is 0.333. The van der Waals surface area contributed by atoms with E-state index < -0.39 is 23.9 Å². The summed E-state index contributed by atoms with van der Waals surface area (Å²) in [6.07, 6.45) is 0. The summed E-state index contributed by atoms with van der Waals surface area (Å²) in [5.74, 6) is -0.850. The van der Waals surface area contributed by atoms with Crippen LogP contribution in [-0.4, -0.2) is 46.1 Å². The van der Waals surface area contributed by atoms with Crippen molar-refractivity contribution in [2.45, 2.75) is 6.04 Å². The van der Waals surface area contributed by atoms with Crippen LogP contribution in [0.25, 0.3) is 0 Å². The van der Waals surface area contributed by atoms with Crippen LogP contribution in [0.4, 0.5) is 14.9 Å². The smallest absolute Gasteiger partial charge is 0.327 e. The molecule has 1 aromatic rings. The number of nitrogens with zero attached hydrogens (tertiary/aromatic N) is 1. The molecule has 1 fully saturated rings. The van der Waals surface area contributed by atoms with Gasteiger partial charge in [0.25, 0.3) is 0 Å². The first kappa shape index (κ1) is 16.2. The Hall–Kier alpha value is -1.18. The molecular weight excluding hydrogens is 342 g/mol. The van der Waals surface area contributed by atoms with E-state index >= 15 is 0 Å². The molecule has 0 aliphatic carbocycles. The molecule has 0 spiro atoms. The number of aliphatic carboxylic acids is 1. The maximum absolute atomic E-state index is 13.3. The van der Waals surface area contributed by atoms with Crippen molar-refractivity contribution >= 4 is 52.7 Å². The van der Waals surface area contributed by atoms with Crippen LogP contribution in [-0.2, 0) is 4.79 Å². The number of hydrogen-bond acceptors (Lipinski definition) is 3. The minimum Gasteiger partial charge on any atom is -0.480 e. The molecule has 2 amide bonds. The number of hydrogen-bond donors (Lipinski definition) is 2. The van der Waals surface area contributed by atoms with Crippen LogP contribution in [0.15, 0.2) is 12.1 Å². The summed E-state index contributed by atoms with van der Waals surface area (Å²) in [7, 11) is 0. The number of nitrogens with one attached hydrogen (secondary N) is 1. The molecule has 1 unspecified atom stereocenters. The molecule has 5 nitrogen and oxygen atoms in total. The van der Waals surface area contributed by atoms with E-state index in [4.69, 9.17) is 28.3 Å². The molecule has 1 atom stereocenters. The van der Waals surface area contributed by atoms with E-state index in [9.17, 15) is 14.0 Å². The molecule has 21 heavy (non-hydrogen) atoms. The normalized spacial score (nSPS) is 18.4. The number of amides is 2. The van der Waals surface area contributed by atoms with Gasteiger partial charge in [-0.1, -0.05) is 23.2 Å². The van der Waals surface area contributed by atoms with Gasteiger partial charge < -0.3 is 15.3 Å². The summed E-state index contributed by atoms with van der Waals surface area (Å²) in [6.45, 7) is 0.316. The summed E-state index contributed by atoms with van der Waals surface area (Å²) >= 11 is 12.8. The highest BCUT2D eigenvalue weighted by molar-refractivity contribution is 7.99. The predicted octanol–water partition coefficient (Wildman–Crippen LogP) is 3.17. The Bertz CT molecular complexity index is 565. The van der Waals surface area contributed by atoms with Gasteiger partial charge in [0.1, 0.15) is 6.04 Å². The summed E-state index contributed by atoms with van der Waals surface area (Å²) in [5, 5.41) is 11.2. The maximum Gasteiger partial charge on any atom is 0.327 e. The maximum atomic E-state index is 13.3. The topological polar surface area (TPSA) is 69.6 Å². The number of benzene rings is 1. The Balaban J connectivity index is 2.15. The number of carboxylic acid groups (broad SMARTS) is 1. The Morgan fingerprint density at radius 2 is 2.00 bits per heavy atom. The van der Waals surface area contributed by atoms with E-state index in [1.165, 1.54) is 28.8 Å². The van der Waals surface area contributed by atoms with E-state index in [1.807, 2.05) is 0 Å². The van der Waals surface area contributed by atoms with Gasteiger partial charge in [0.05, 0.1) is 10.0 Å². The molecule has 114 valence electrons. The zero-order valence-corrected chi connectivity index (χ0v) is 12.9. The molecular formula is C12H11Cl2FN2O3S. The third-order valence-corrected chi connectivity index (χ3v) is 4.48. The molecule has 9 heteroatoms. The van der Waals surface area contributed by atoms with Gasteiger partial charge in [0, 0.05) is 23.7 Å². The Morgan fingerprint density at radius 1 is 1.38 bits per heavy atom. The van der Waals surface area contributed by atoms with Crippen LogP contribution in [0.1, 0.15) is 0 Å². The zero-order chi connectivity index (χ0) is 15.6. The molecule has 0 radical (unpaired) electrons. The average Bonchev–Trinajstić information content (AvgIpc) is 2.44. The van der Waals surface area contributed by atoms with Gasteiger partial charge in [-0.15, -0.1) is 0 Å². The Kier molecular flexibility index (Phi) is 5.18. The largest absolute Gasteiger partial charge is 0.480 e. The van der Waals surface area contributed by atoms with E-state index in [-0.39, 0.29) is 15.7 Å². The van der Waals surface area contributed by atoms with Crippen molar-refractivity contribution in [3.8, 4) is 0 Å². The van der Waals surface area contributed by atoms with Crippen LogP contribution in [0.3, 0.4) is 0 Å². The van der Waals surface area contributed by atoms with Gasteiger partial charge in [-0.3, -0.25) is 0 Å². The van der Waals surface area contributed by atoms with Crippen molar-refractivity contribution in [3.05, 3.63) is 28.0 Å². The molecule has 1 aliphatic heterocycles. The number of halogens is 3. The number of anilines is 1. The summed E-state index contributed by atoms with van der Waals surface area (Å²) in [6, 6.07) is 0.959. The molecule has 1 aromatic carbocycles. The van der Waals surface area contributed by atoms with Crippen LogP contribution in [0.5, 0.6) is 0 Å². The fourth-order valence-electron chi connectivity index (χ4n) is 1.87. The third-order valence-electron chi connectivity index (χ3n) is 2.91. The summed E-state index contributed by atoms with van der Waals surface area (Å²) < 4.78 is 13.3. The number of thioether (sulfide) groups is 1. The Morgan fingerprint density at radius 3 is 2.57 bits per heavy atom. The number of carbonyl (C=O) groups is 2. The van der Waals surface area contributed by atoms with Gasteiger partial charge in [-0.2, -0.15) is 11.8 Å². The first-order valence-corrected chi connectivity index (χ1v) is 7.84. The molecule has 0 bridgehead atoms.